The molecule has 1 fully saturated rings. The molecule has 2 aromatic rings. The average Bonchev–Trinajstić information content (AvgIpc) is 3.45. The molecule has 1 aliphatic rings. The number of ether oxygens (including phenoxy) is 2. The van der Waals surface area contributed by atoms with Crippen LogP contribution in [0.25, 0.3) is 0 Å². The van der Waals surface area contributed by atoms with Crippen LogP contribution >= 0.6 is 0 Å². The summed E-state index contributed by atoms with van der Waals surface area (Å²) in [4.78, 5) is 12.7. The molecule has 1 saturated carbocycles. The second-order valence-electron chi connectivity index (χ2n) is 5.90. The molecule has 0 aliphatic heterocycles. The number of nitrogens with zero attached hydrogens (tertiary/aromatic N) is 1. The molecule has 0 aromatic heterocycles. The van der Waals surface area contributed by atoms with E-state index < -0.39 is 6.10 Å². The molecule has 2 aromatic carbocycles. The van der Waals surface area contributed by atoms with E-state index in [0.717, 1.165) is 18.4 Å². The topological polar surface area (TPSA) is 71.3 Å². The lowest BCUT2D eigenvalue weighted by Gasteiger charge is -2.21. The number of benzene rings is 2. The van der Waals surface area contributed by atoms with Gasteiger partial charge in [0.25, 0.3) is 5.91 Å². The smallest absolute Gasteiger partial charge is 0.266 e. The molecule has 5 nitrogen and oxygen atoms in total. The van der Waals surface area contributed by atoms with Crippen molar-refractivity contribution in [1.82, 2.24) is 5.32 Å². The van der Waals surface area contributed by atoms with Crippen molar-refractivity contribution in [2.75, 3.05) is 6.61 Å². The maximum atomic E-state index is 12.7. The normalized spacial score (nSPS) is 14.2. The van der Waals surface area contributed by atoms with Gasteiger partial charge in [0, 0.05) is 17.7 Å². The molecule has 0 radical (unpaired) electrons. The Morgan fingerprint density at radius 2 is 2.00 bits per heavy atom. The number of carbonyl (C=O) groups excluding carboxylic acids is 1. The Bertz CT molecular complexity index is 779. The van der Waals surface area contributed by atoms with Gasteiger partial charge in [-0.3, -0.25) is 4.79 Å². The first-order valence-corrected chi connectivity index (χ1v) is 8.40. The Labute approximate surface area is 147 Å². The van der Waals surface area contributed by atoms with Crippen molar-refractivity contribution in [1.29, 1.82) is 5.26 Å². The summed E-state index contributed by atoms with van der Waals surface area (Å²) in [5.41, 5.74) is 1.25. The van der Waals surface area contributed by atoms with Crippen LogP contribution in [0.2, 0.25) is 0 Å². The summed E-state index contributed by atoms with van der Waals surface area (Å²) in [5, 5.41) is 12.1. The van der Waals surface area contributed by atoms with E-state index in [4.69, 9.17) is 14.7 Å². The number of nitriles is 1. The number of hydrogen-bond acceptors (Lipinski definition) is 4. The van der Waals surface area contributed by atoms with Crippen molar-refractivity contribution in [2.24, 2.45) is 0 Å². The minimum atomic E-state index is -0.769. The first kappa shape index (κ1) is 16.8. The standard InChI is InChI=1S/C20H20N2O3/c1-2-24-18-12-14(13-21)8-11-17(18)25-19(15-6-4-3-5-7-15)20(23)22-16-9-10-16/h3-8,11-12,16,19H,2,9-10H2,1H3,(H,22,23)/t19-/m1/s1. The summed E-state index contributed by atoms with van der Waals surface area (Å²) in [6.07, 6.45) is 1.25. The molecular formula is C20H20N2O3. The van der Waals surface area contributed by atoms with Gasteiger partial charge in [0.15, 0.2) is 11.5 Å². The van der Waals surface area contributed by atoms with Crippen LogP contribution < -0.4 is 14.8 Å². The molecule has 0 saturated heterocycles. The average molecular weight is 336 g/mol. The highest BCUT2D eigenvalue weighted by molar-refractivity contribution is 5.83. The fraction of sp³-hybridized carbons (Fsp3) is 0.300. The molecule has 5 heteroatoms. The van der Waals surface area contributed by atoms with Crippen molar-refractivity contribution in [3.8, 4) is 17.6 Å². The lowest BCUT2D eigenvalue weighted by molar-refractivity contribution is -0.128. The lowest BCUT2D eigenvalue weighted by Crippen LogP contribution is -2.33. The van der Waals surface area contributed by atoms with Crippen molar-refractivity contribution < 1.29 is 14.3 Å². The SMILES string of the molecule is CCOc1cc(C#N)ccc1O[C@@H](C(=O)NC1CC1)c1ccccc1. The van der Waals surface area contributed by atoms with Crippen molar-refractivity contribution in [3.63, 3.8) is 0 Å². The molecular weight excluding hydrogens is 316 g/mol. The van der Waals surface area contributed by atoms with E-state index in [1.54, 1.807) is 18.2 Å². The predicted molar refractivity (Wildman–Crippen MR) is 93.3 cm³/mol. The summed E-state index contributed by atoms with van der Waals surface area (Å²) in [6, 6.07) is 16.6. The number of carbonyl (C=O) groups is 1. The van der Waals surface area contributed by atoms with Crippen LogP contribution in [0.3, 0.4) is 0 Å². The van der Waals surface area contributed by atoms with Gasteiger partial charge in [-0.15, -0.1) is 0 Å². The van der Waals surface area contributed by atoms with E-state index >= 15 is 0 Å². The molecule has 0 bridgehead atoms. The summed E-state index contributed by atoms with van der Waals surface area (Å²) >= 11 is 0. The Morgan fingerprint density at radius 1 is 1.24 bits per heavy atom. The monoisotopic (exact) mass is 336 g/mol. The lowest BCUT2D eigenvalue weighted by atomic mass is 10.1. The Hall–Kier alpha value is -3.00. The second kappa shape index (κ2) is 7.71. The number of nitrogens with one attached hydrogen (secondary N) is 1. The summed E-state index contributed by atoms with van der Waals surface area (Å²) < 4.78 is 11.6. The van der Waals surface area contributed by atoms with Crippen LogP contribution in [0.15, 0.2) is 48.5 Å². The maximum Gasteiger partial charge on any atom is 0.266 e. The molecule has 128 valence electrons. The third kappa shape index (κ3) is 4.30. The first-order chi connectivity index (χ1) is 12.2. The third-order valence-corrected chi connectivity index (χ3v) is 3.88. The van der Waals surface area contributed by atoms with Gasteiger partial charge in [-0.2, -0.15) is 5.26 Å². The molecule has 25 heavy (non-hydrogen) atoms. The van der Waals surface area contributed by atoms with E-state index in [1.165, 1.54) is 0 Å². The molecule has 0 unspecified atom stereocenters. The molecule has 1 atom stereocenters. The quantitative estimate of drug-likeness (QED) is 0.841. The van der Waals surface area contributed by atoms with E-state index in [9.17, 15) is 4.79 Å². The van der Waals surface area contributed by atoms with Crippen LogP contribution in [0.5, 0.6) is 11.5 Å². The molecule has 0 spiro atoms. The van der Waals surface area contributed by atoms with Crippen molar-refractivity contribution >= 4 is 5.91 Å². The van der Waals surface area contributed by atoms with E-state index in [1.807, 2.05) is 37.3 Å². The number of rotatable bonds is 7. The molecule has 0 heterocycles. The Balaban J connectivity index is 1.89. The summed E-state index contributed by atoms with van der Waals surface area (Å²) in [7, 11) is 0. The van der Waals surface area contributed by atoms with Gasteiger partial charge in [-0.25, -0.2) is 0 Å². The zero-order valence-corrected chi connectivity index (χ0v) is 14.1. The van der Waals surface area contributed by atoms with E-state index in [0.29, 0.717) is 23.7 Å². The van der Waals surface area contributed by atoms with Crippen molar-refractivity contribution in [2.45, 2.75) is 31.9 Å². The molecule has 1 amide bonds. The fourth-order valence-electron chi connectivity index (χ4n) is 2.48. The van der Waals surface area contributed by atoms with Gasteiger partial charge >= 0.3 is 0 Å². The van der Waals surface area contributed by atoms with Crippen LogP contribution in [0, 0.1) is 11.3 Å². The van der Waals surface area contributed by atoms with Gasteiger partial charge in [0.05, 0.1) is 18.2 Å². The molecule has 3 rings (SSSR count). The van der Waals surface area contributed by atoms with Crippen LogP contribution in [0.1, 0.15) is 37.0 Å². The van der Waals surface area contributed by atoms with Gasteiger partial charge in [0.1, 0.15) is 0 Å². The van der Waals surface area contributed by atoms with Gasteiger partial charge in [0.2, 0.25) is 6.10 Å². The summed E-state index contributed by atoms with van der Waals surface area (Å²) in [5.74, 6) is 0.739. The van der Waals surface area contributed by atoms with Gasteiger partial charge < -0.3 is 14.8 Å². The maximum absolute atomic E-state index is 12.7. The van der Waals surface area contributed by atoms with Crippen LogP contribution in [0.4, 0.5) is 0 Å². The van der Waals surface area contributed by atoms with Gasteiger partial charge in [-0.1, -0.05) is 30.3 Å². The largest absolute Gasteiger partial charge is 0.490 e. The zero-order chi connectivity index (χ0) is 17.6. The summed E-state index contributed by atoms with van der Waals surface area (Å²) in [6.45, 7) is 2.30. The second-order valence-corrected chi connectivity index (χ2v) is 5.90. The minimum Gasteiger partial charge on any atom is -0.490 e. The number of hydrogen-bond donors (Lipinski definition) is 1. The Morgan fingerprint density at radius 3 is 2.64 bits per heavy atom. The molecule has 1 N–H and O–H groups in total. The zero-order valence-electron chi connectivity index (χ0n) is 14.1. The first-order valence-electron chi connectivity index (χ1n) is 8.40. The van der Waals surface area contributed by atoms with Crippen LogP contribution in [-0.4, -0.2) is 18.6 Å². The Kier molecular flexibility index (Phi) is 5.20. The van der Waals surface area contributed by atoms with E-state index in [2.05, 4.69) is 11.4 Å². The number of amides is 1. The van der Waals surface area contributed by atoms with Crippen molar-refractivity contribution in [3.05, 3.63) is 59.7 Å². The fourth-order valence-corrected chi connectivity index (χ4v) is 2.48. The minimum absolute atomic E-state index is 0.166. The highest BCUT2D eigenvalue weighted by Crippen LogP contribution is 2.33. The predicted octanol–water partition coefficient (Wildman–Crippen LogP) is 3.36. The third-order valence-electron chi connectivity index (χ3n) is 3.88. The highest BCUT2D eigenvalue weighted by Gasteiger charge is 2.30. The van der Waals surface area contributed by atoms with Gasteiger partial charge in [-0.05, 0) is 31.9 Å². The van der Waals surface area contributed by atoms with E-state index in [-0.39, 0.29) is 11.9 Å². The molecule has 1 aliphatic carbocycles. The highest BCUT2D eigenvalue weighted by atomic mass is 16.5. The van der Waals surface area contributed by atoms with Crippen LogP contribution in [-0.2, 0) is 4.79 Å².